The number of nitrogens with zero attached hydrogens (tertiary/aromatic N) is 2. The maximum atomic E-state index is 11.1. The van der Waals surface area contributed by atoms with Crippen LogP contribution in [-0.4, -0.2) is 46.1 Å². The fourth-order valence-corrected chi connectivity index (χ4v) is 3.42. The van der Waals surface area contributed by atoms with Gasteiger partial charge in [0.15, 0.2) is 0 Å². The molecule has 0 unspecified atom stereocenters. The first-order valence-corrected chi connectivity index (χ1v) is 8.85. The molecule has 7 nitrogen and oxygen atoms in total. The van der Waals surface area contributed by atoms with Crippen molar-refractivity contribution in [2.75, 3.05) is 13.1 Å². The molecule has 0 heterocycles. The summed E-state index contributed by atoms with van der Waals surface area (Å²) in [5, 5.41) is 23.5. The molecule has 0 bridgehead atoms. The monoisotopic (exact) mass is 347 g/mol. The summed E-state index contributed by atoms with van der Waals surface area (Å²) >= 11 is 0. The molecule has 0 saturated heterocycles. The number of nitro benzene ring substituents is 1. The summed E-state index contributed by atoms with van der Waals surface area (Å²) in [5.41, 5.74) is 1.73. The molecule has 2 aliphatic rings. The number of hydrogen-bond acceptors (Lipinski definition) is 5. The van der Waals surface area contributed by atoms with E-state index in [4.69, 9.17) is 5.11 Å². The predicted molar refractivity (Wildman–Crippen MR) is 93.4 cm³/mol. The van der Waals surface area contributed by atoms with Gasteiger partial charge in [0.2, 0.25) is 0 Å². The van der Waals surface area contributed by atoms with Gasteiger partial charge < -0.3 is 10.4 Å². The smallest absolute Gasteiger partial charge is 0.317 e. The van der Waals surface area contributed by atoms with Crippen molar-refractivity contribution in [2.24, 2.45) is 5.92 Å². The normalized spacial score (nSPS) is 22.6. The number of carboxylic acids is 1. The predicted octanol–water partition coefficient (Wildman–Crippen LogP) is 2.32. The molecule has 2 fully saturated rings. The minimum Gasteiger partial charge on any atom is -0.480 e. The molecule has 0 atom stereocenters. The zero-order chi connectivity index (χ0) is 18.0. The number of carboxylic acid groups (broad SMARTS) is 1. The van der Waals surface area contributed by atoms with Gasteiger partial charge in [0.25, 0.3) is 5.69 Å². The van der Waals surface area contributed by atoms with Crippen molar-refractivity contribution in [3.8, 4) is 0 Å². The number of benzene rings is 1. The SMILES string of the molecule is Cc1ccc(CNC2CC(N(CC(=O)O)CC3CC3)C2)cc1[N+](=O)[O-]. The minimum atomic E-state index is -0.760. The van der Waals surface area contributed by atoms with Gasteiger partial charge in [-0.3, -0.25) is 19.8 Å². The lowest BCUT2D eigenvalue weighted by molar-refractivity contribution is -0.385. The number of nitrogens with one attached hydrogen (secondary N) is 1. The van der Waals surface area contributed by atoms with Crippen LogP contribution in [0.15, 0.2) is 18.2 Å². The van der Waals surface area contributed by atoms with Crippen LogP contribution in [0.1, 0.15) is 36.8 Å². The van der Waals surface area contributed by atoms with Crippen molar-refractivity contribution in [2.45, 2.75) is 51.2 Å². The van der Waals surface area contributed by atoms with Gasteiger partial charge in [-0.1, -0.05) is 12.1 Å². The van der Waals surface area contributed by atoms with E-state index in [1.54, 1.807) is 19.1 Å². The number of rotatable bonds is 9. The molecule has 1 aromatic carbocycles. The Kier molecular flexibility index (Phi) is 5.34. The highest BCUT2D eigenvalue weighted by atomic mass is 16.6. The quantitative estimate of drug-likeness (QED) is 0.526. The third-order valence-electron chi connectivity index (χ3n) is 5.22. The average Bonchev–Trinajstić information content (AvgIpc) is 3.30. The van der Waals surface area contributed by atoms with E-state index in [1.165, 1.54) is 12.8 Å². The molecule has 25 heavy (non-hydrogen) atoms. The van der Waals surface area contributed by atoms with Gasteiger partial charge in [-0.15, -0.1) is 0 Å². The van der Waals surface area contributed by atoms with Gasteiger partial charge in [-0.25, -0.2) is 0 Å². The van der Waals surface area contributed by atoms with Crippen LogP contribution in [0, 0.1) is 23.0 Å². The van der Waals surface area contributed by atoms with Gasteiger partial charge >= 0.3 is 5.97 Å². The van der Waals surface area contributed by atoms with Gasteiger partial charge in [0.1, 0.15) is 0 Å². The zero-order valence-electron chi connectivity index (χ0n) is 14.5. The van der Waals surface area contributed by atoms with Gasteiger partial charge in [0.05, 0.1) is 11.5 Å². The Morgan fingerprint density at radius 1 is 1.40 bits per heavy atom. The number of carbonyl (C=O) groups is 1. The lowest BCUT2D eigenvalue weighted by atomic mass is 9.85. The fraction of sp³-hybridized carbons (Fsp3) is 0.611. The summed E-state index contributed by atoms with van der Waals surface area (Å²) in [5.74, 6) is -0.0801. The van der Waals surface area contributed by atoms with E-state index in [0.717, 1.165) is 24.9 Å². The second-order valence-electron chi connectivity index (χ2n) is 7.35. The highest BCUT2D eigenvalue weighted by Crippen LogP contribution is 2.33. The van der Waals surface area contributed by atoms with Crippen LogP contribution in [0.4, 0.5) is 5.69 Å². The van der Waals surface area contributed by atoms with E-state index in [0.29, 0.717) is 30.1 Å². The van der Waals surface area contributed by atoms with Crippen molar-refractivity contribution in [3.05, 3.63) is 39.4 Å². The second-order valence-corrected chi connectivity index (χ2v) is 7.35. The van der Waals surface area contributed by atoms with Crippen molar-refractivity contribution >= 4 is 11.7 Å². The molecule has 0 radical (unpaired) electrons. The molecule has 3 rings (SSSR count). The van der Waals surface area contributed by atoms with Gasteiger partial charge in [0, 0.05) is 36.8 Å². The average molecular weight is 347 g/mol. The second kappa shape index (κ2) is 7.49. The third kappa shape index (κ3) is 4.76. The zero-order valence-corrected chi connectivity index (χ0v) is 14.5. The topological polar surface area (TPSA) is 95.7 Å². The summed E-state index contributed by atoms with van der Waals surface area (Å²) in [6.45, 7) is 3.36. The lowest BCUT2D eigenvalue weighted by Crippen LogP contribution is -2.54. The van der Waals surface area contributed by atoms with Crippen molar-refractivity contribution in [3.63, 3.8) is 0 Å². The summed E-state index contributed by atoms with van der Waals surface area (Å²) < 4.78 is 0. The summed E-state index contributed by atoms with van der Waals surface area (Å²) in [6, 6.07) is 6.00. The van der Waals surface area contributed by atoms with E-state index in [2.05, 4.69) is 10.2 Å². The minimum absolute atomic E-state index is 0.123. The summed E-state index contributed by atoms with van der Waals surface area (Å²) in [7, 11) is 0. The Hall–Kier alpha value is -1.99. The van der Waals surface area contributed by atoms with Crippen molar-refractivity contribution in [1.82, 2.24) is 10.2 Å². The van der Waals surface area contributed by atoms with Crippen LogP contribution in [0.5, 0.6) is 0 Å². The largest absolute Gasteiger partial charge is 0.480 e. The first kappa shape index (κ1) is 17.8. The fourth-order valence-electron chi connectivity index (χ4n) is 3.42. The molecule has 2 aliphatic carbocycles. The Morgan fingerprint density at radius 3 is 2.72 bits per heavy atom. The van der Waals surface area contributed by atoms with E-state index < -0.39 is 5.97 Å². The maximum Gasteiger partial charge on any atom is 0.317 e. The van der Waals surface area contributed by atoms with Crippen LogP contribution >= 0.6 is 0 Å². The van der Waals surface area contributed by atoms with E-state index in [9.17, 15) is 14.9 Å². The molecule has 0 amide bonds. The maximum absolute atomic E-state index is 11.1. The van der Waals surface area contributed by atoms with E-state index in [-0.39, 0.29) is 17.2 Å². The summed E-state index contributed by atoms with van der Waals surface area (Å²) in [4.78, 5) is 23.8. The van der Waals surface area contributed by atoms with Crippen LogP contribution < -0.4 is 5.32 Å². The molecule has 136 valence electrons. The highest BCUT2D eigenvalue weighted by Gasteiger charge is 2.36. The molecule has 7 heteroatoms. The molecule has 0 aromatic heterocycles. The number of nitro groups is 1. The number of aliphatic carboxylic acids is 1. The molecule has 0 spiro atoms. The standard InChI is InChI=1S/C18H25N3O4/c1-12-2-3-14(6-17(12)21(24)25)9-19-15-7-16(8-15)20(11-18(22)23)10-13-4-5-13/h2-3,6,13,15-16,19H,4-5,7-11H2,1H3,(H,22,23). The van der Waals surface area contributed by atoms with Crippen molar-refractivity contribution < 1.29 is 14.8 Å². The molecular formula is C18H25N3O4. The Balaban J connectivity index is 1.47. The van der Waals surface area contributed by atoms with Crippen LogP contribution in [-0.2, 0) is 11.3 Å². The van der Waals surface area contributed by atoms with Crippen molar-refractivity contribution in [1.29, 1.82) is 0 Å². The number of hydrogen-bond donors (Lipinski definition) is 2. The molecule has 1 aromatic rings. The van der Waals surface area contributed by atoms with Crippen LogP contribution in [0.25, 0.3) is 0 Å². The Bertz CT molecular complexity index is 654. The van der Waals surface area contributed by atoms with Gasteiger partial charge in [-0.2, -0.15) is 0 Å². The van der Waals surface area contributed by atoms with Crippen LogP contribution in [0.2, 0.25) is 0 Å². The first-order chi connectivity index (χ1) is 11.9. The van der Waals surface area contributed by atoms with E-state index >= 15 is 0 Å². The Labute approximate surface area is 147 Å². The molecule has 2 N–H and O–H groups in total. The summed E-state index contributed by atoms with van der Waals surface area (Å²) in [6.07, 6.45) is 4.31. The lowest BCUT2D eigenvalue weighted by Gasteiger charge is -2.43. The van der Waals surface area contributed by atoms with Crippen LogP contribution in [0.3, 0.4) is 0 Å². The highest BCUT2D eigenvalue weighted by molar-refractivity contribution is 5.69. The van der Waals surface area contributed by atoms with Gasteiger partial charge in [-0.05, 0) is 44.1 Å². The molecule has 2 saturated carbocycles. The first-order valence-electron chi connectivity index (χ1n) is 8.85. The molecule has 0 aliphatic heterocycles. The molecular weight excluding hydrogens is 322 g/mol. The van der Waals surface area contributed by atoms with E-state index in [1.807, 2.05) is 6.07 Å². The Morgan fingerprint density at radius 2 is 2.12 bits per heavy atom. The number of aryl methyl sites for hydroxylation is 1. The third-order valence-corrected chi connectivity index (χ3v) is 5.22.